The van der Waals surface area contributed by atoms with Crippen molar-refractivity contribution in [2.75, 3.05) is 13.1 Å². The van der Waals surface area contributed by atoms with Gasteiger partial charge in [0.25, 0.3) is 0 Å². The van der Waals surface area contributed by atoms with Crippen molar-refractivity contribution in [3.63, 3.8) is 0 Å². The van der Waals surface area contributed by atoms with Crippen molar-refractivity contribution >= 4 is 5.91 Å². The molecule has 1 rings (SSSR count). The molecule has 1 aromatic carbocycles. The van der Waals surface area contributed by atoms with E-state index in [4.69, 9.17) is 5.73 Å². The fourth-order valence-corrected chi connectivity index (χ4v) is 1.59. The molecule has 3 heteroatoms. The van der Waals surface area contributed by atoms with Crippen LogP contribution in [0.2, 0.25) is 0 Å². The standard InChI is InChI=1S/C13H20N2O/c1-2-3-9-15-13(16)12(10-14)11-7-5-4-6-8-11/h4-8,12H,2-3,9-10,14H2,1H3,(H,15,16). The van der Waals surface area contributed by atoms with Crippen molar-refractivity contribution in [1.82, 2.24) is 5.32 Å². The topological polar surface area (TPSA) is 55.1 Å². The number of hydrogen-bond donors (Lipinski definition) is 2. The summed E-state index contributed by atoms with van der Waals surface area (Å²) in [7, 11) is 0. The Morgan fingerprint density at radius 3 is 2.62 bits per heavy atom. The van der Waals surface area contributed by atoms with Crippen LogP contribution in [-0.2, 0) is 4.79 Å². The summed E-state index contributed by atoms with van der Waals surface area (Å²) in [5.74, 6) is -0.194. The van der Waals surface area contributed by atoms with Gasteiger partial charge in [0.1, 0.15) is 0 Å². The van der Waals surface area contributed by atoms with E-state index in [9.17, 15) is 4.79 Å². The van der Waals surface area contributed by atoms with E-state index in [2.05, 4.69) is 12.2 Å². The van der Waals surface area contributed by atoms with E-state index in [-0.39, 0.29) is 11.8 Å². The molecule has 0 aliphatic heterocycles. The minimum absolute atomic E-state index is 0.0298. The molecule has 0 saturated carbocycles. The van der Waals surface area contributed by atoms with E-state index in [0.29, 0.717) is 6.54 Å². The lowest BCUT2D eigenvalue weighted by atomic mass is 9.98. The molecule has 0 heterocycles. The molecule has 1 unspecified atom stereocenters. The van der Waals surface area contributed by atoms with Crippen LogP contribution in [0.15, 0.2) is 30.3 Å². The zero-order chi connectivity index (χ0) is 11.8. The number of nitrogens with one attached hydrogen (secondary N) is 1. The molecule has 3 N–H and O–H groups in total. The summed E-state index contributed by atoms with van der Waals surface area (Å²) in [6.45, 7) is 3.18. The van der Waals surface area contributed by atoms with Crippen molar-refractivity contribution in [2.24, 2.45) is 5.73 Å². The zero-order valence-electron chi connectivity index (χ0n) is 9.78. The lowest BCUT2D eigenvalue weighted by Crippen LogP contribution is -2.33. The average Bonchev–Trinajstić information content (AvgIpc) is 2.32. The quantitative estimate of drug-likeness (QED) is 0.716. The first-order valence-corrected chi connectivity index (χ1v) is 5.82. The lowest BCUT2D eigenvalue weighted by Gasteiger charge is -2.14. The Morgan fingerprint density at radius 2 is 2.06 bits per heavy atom. The first-order valence-electron chi connectivity index (χ1n) is 5.82. The summed E-state index contributed by atoms with van der Waals surface area (Å²) in [5.41, 5.74) is 6.63. The Balaban J connectivity index is 2.57. The van der Waals surface area contributed by atoms with Crippen LogP contribution in [-0.4, -0.2) is 19.0 Å². The summed E-state index contributed by atoms with van der Waals surface area (Å²) < 4.78 is 0. The van der Waals surface area contributed by atoms with E-state index >= 15 is 0 Å². The van der Waals surface area contributed by atoms with Crippen LogP contribution in [0.5, 0.6) is 0 Å². The number of unbranched alkanes of at least 4 members (excludes halogenated alkanes) is 1. The molecule has 0 fully saturated rings. The van der Waals surface area contributed by atoms with Gasteiger partial charge in [0.05, 0.1) is 5.92 Å². The van der Waals surface area contributed by atoms with Crippen LogP contribution < -0.4 is 11.1 Å². The maximum absolute atomic E-state index is 11.9. The Kier molecular flexibility index (Phi) is 5.57. The zero-order valence-corrected chi connectivity index (χ0v) is 9.78. The van der Waals surface area contributed by atoms with E-state index in [1.807, 2.05) is 30.3 Å². The van der Waals surface area contributed by atoms with Crippen molar-refractivity contribution in [3.8, 4) is 0 Å². The molecule has 0 aromatic heterocycles. The Bertz CT molecular complexity index is 311. The molecule has 0 spiro atoms. The minimum atomic E-state index is -0.224. The molecular weight excluding hydrogens is 200 g/mol. The number of carbonyl (C=O) groups is 1. The fourth-order valence-electron chi connectivity index (χ4n) is 1.59. The SMILES string of the molecule is CCCCNC(=O)C(CN)c1ccccc1. The molecule has 16 heavy (non-hydrogen) atoms. The van der Waals surface area contributed by atoms with E-state index in [1.165, 1.54) is 0 Å². The van der Waals surface area contributed by atoms with Crippen molar-refractivity contribution in [1.29, 1.82) is 0 Å². The fraction of sp³-hybridized carbons (Fsp3) is 0.462. The van der Waals surface area contributed by atoms with Crippen LogP contribution in [0.3, 0.4) is 0 Å². The number of hydrogen-bond acceptors (Lipinski definition) is 2. The van der Waals surface area contributed by atoms with Gasteiger partial charge >= 0.3 is 0 Å². The molecule has 3 nitrogen and oxygen atoms in total. The molecular formula is C13H20N2O. The lowest BCUT2D eigenvalue weighted by molar-refractivity contribution is -0.122. The third kappa shape index (κ3) is 3.66. The van der Waals surface area contributed by atoms with Gasteiger partial charge in [-0.3, -0.25) is 4.79 Å². The molecule has 1 atom stereocenters. The van der Waals surface area contributed by atoms with Crippen molar-refractivity contribution in [2.45, 2.75) is 25.7 Å². The number of amides is 1. The third-order valence-electron chi connectivity index (χ3n) is 2.58. The highest BCUT2D eigenvalue weighted by Crippen LogP contribution is 2.13. The second-order valence-electron chi connectivity index (χ2n) is 3.84. The van der Waals surface area contributed by atoms with Gasteiger partial charge in [0.2, 0.25) is 5.91 Å². The highest BCUT2D eigenvalue weighted by Gasteiger charge is 2.17. The van der Waals surface area contributed by atoms with Crippen molar-refractivity contribution in [3.05, 3.63) is 35.9 Å². The molecule has 88 valence electrons. The van der Waals surface area contributed by atoms with E-state index in [1.54, 1.807) is 0 Å². The second kappa shape index (κ2) is 7.01. The predicted octanol–water partition coefficient (Wildman–Crippen LogP) is 1.65. The van der Waals surface area contributed by atoms with Gasteiger partial charge in [-0.25, -0.2) is 0 Å². The Hall–Kier alpha value is -1.35. The molecule has 0 radical (unpaired) electrons. The first-order chi connectivity index (χ1) is 7.79. The molecule has 0 bridgehead atoms. The number of rotatable bonds is 6. The number of nitrogens with two attached hydrogens (primary N) is 1. The summed E-state index contributed by atoms with van der Waals surface area (Å²) >= 11 is 0. The van der Waals surface area contributed by atoms with Gasteiger partial charge in [-0.2, -0.15) is 0 Å². The summed E-state index contributed by atoms with van der Waals surface area (Å²) in [5, 5.41) is 2.91. The van der Waals surface area contributed by atoms with E-state index < -0.39 is 0 Å². The smallest absolute Gasteiger partial charge is 0.228 e. The van der Waals surface area contributed by atoms with Crippen LogP contribution in [0.4, 0.5) is 0 Å². The molecule has 0 aliphatic rings. The minimum Gasteiger partial charge on any atom is -0.356 e. The maximum atomic E-state index is 11.9. The first kappa shape index (κ1) is 12.7. The predicted molar refractivity (Wildman–Crippen MR) is 66.2 cm³/mol. The second-order valence-corrected chi connectivity index (χ2v) is 3.84. The molecule has 1 amide bonds. The van der Waals surface area contributed by atoms with Gasteiger partial charge in [-0.1, -0.05) is 43.7 Å². The average molecular weight is 220 g/mol. The van der Waals surface area contributed by atoms with Gasteiger partial charge < -0.3 is 11.1 Å². The van der Waals surface area contributed by atoms with Gasteiger partial charge in [0, 0.05) is 13.1 Å². The van der Waals surface area contributed by atoms with Crippen LogP contribution in [0, 0.1) is 0 Å². The normalized spacial score (nSPS) is 12.1. The van der Waals surface area contributed by atoms with Gasteiger partial charge in [0.15, 0.2) is 0 Å². The van der Waals surface area contributed by atoms with Gasteiger partial charge in [-0.15, -0.1) is 0 Å². The van der Waals surface area contributed by atoms with Gasteiger partial charge in [-0.05, 0) is 12.0 Å². The van der Waals surface area contributed by atoms with Crippen molar-refractivity contribution < 1.29 is 4.79 Å². The molecule has 0 aliphatic carbocycles. The third-order valence-corrected chi connectivity index (χ3v) is 2.58. The molecule has 0 saturated heterocycles. The summed E-state index contributed by atoms with van der Waals surface area (Å²) in [4.78, 5) is 11.9. The maximum Gasteiger partial charge on any atom is 0.228 e. The highest BCUT2D eigenvalue weighted by atomic mass is 16.1. The Morgan fingerprint density at radius 1 is 1.38 bits per heavy atom. The van der Waals surface area contributed by atoms with Crippen LogP contribution in [0.25, 0.3) is 0 Å². The monoisotopic (exact) mass is 220 g/mol. The number of carbonyl (C=O) groups excluding carboxylic acids is 1. The Labute approximate surface area is 97.0 Å². The highest BCUT2D eigenvalue weighted by molar-refractivity contribution is 5.83. The number of benzene rings is 1. The largest absolute Gasteiger partial charge is 0.356 e. The van der Waals surface area contributed by atoms with E-state index in [0.717, 1.165) is 24.9 Å². The van der Waals surface area contributed by atoms with Crippen LogP contribution >= 0.6 is 0 Å². The summed E-state index contributed by atoms with van der Waals surface area (Å²) in [6.07, 6.45) is 2.09. The summed E-state index contributed by atoms with van der Waals surface area (Å²) in [6, 6.07) is 9.68. The molecule has 1 aromatic rings. The van der Waals surface area contributed by atoms with Crippen LogP contribution in [0.1, 0.15) is 31.2 Å².